The van der Waals surface area contributed by atoms with E-state index in [2.05, 4.69) is 0 Å². The fourth-order valence-electron chi connectivity index (χ4n) is 3.73. The second-order valence-corrected chi connectivity index (χ2v) is 7.65. The lowest BCUT2D eigenvalue weighted by atomic mass is 9.99. The third-order valence-corrected chi connectivity index (χ3v) is 5.58. The van der Waals surface area contributed by atoms with Crippen molar-refractivity contribution in [2.24, 2.45) is 0 Å². The van der Waals surface area contributed by atoms with Gasteiger partial charge in [0, 0.05) is 17.7 Å². The van der Waals surface area contributed by atoms with Gasteiger partial charge in [0.05, 0.1) is 20.8 Å². The highest BCUT2D eigenvalue weighted by Gasteiger charge is 2.45. The van der Waals surface area contributed by atoms with Crippen LogP contribution in [0.25, 0.3) is 22.3 Å². The summed E-state index contributed by atoms with van der Waals surface area (Å²) in [5.41, 5.74) is -0.00928. The van der Waals surface area contributed by atoms with E-state index in [1.165, 1.54) is 26.4 Å². The smallest absolute Gasteiger partial charge is 0.229 e. The van der Waals surface area contributed by atoms with E-state index in [1.54, 1.807) is 24.3 Å². The van der Waals surface area contributed by atoms with Gasteiger partial charge in [-0.1, -0.05) is 0 Å². The standard InChI is InChI=1S/C23H24O11/c1-30-11-5-3-10(4-6-11)13-7-12(25)17-14(32-13)8-15(22(31-2)19(17)27)33-23-21(29)20(28)18(26)16(9-24)34-23/h3-8,16,18,20-21,23-24,26-29H,9H2,1-2H3/t16?,18-,20+,21?,23-/m1/s1. The molecule has 1 saturated heterocycles. The molecule has 0 saturated carbocycles. The molecule has 1 fully saturated rings. The number of rotatable bonds is 6. The molecule has 4 rings (SSSR count). The van der Waals surface area contributed by atoms with Crippen LogP contribution < -0.4 is 19.6 Å². The Bertz CT molecular complexity index is 1220. The van der Waals surface area contributed by atoms with Gasteiger partial charge in [0.2, 0.25) is 12.0 Å². The molecule has 3 aromatic rings. The Hall–Kier alpha value is -3.35. The summed E-state index contributed by atoms with van der Waals surface area (Å²) in [7, 11) is 2.76. The summed E-state index contributed by atoms with van der Waals surface area (Å²) in [4.78, 5) is 12.8. The normalized spacial score (nSPS) is 24.7. The van der Waals surface area contributed by atoms with E-state index in [9.17, 15) is 30.3 Å². The molecule has 5 atom stereocenters. The summed E-state index contributed by atoms with van der Waals surface area (Å²) < 4.78 is 27.1. The zero-order valence-corrected chi connectivity index (χ0v) is 18.2. The number of aliphatic hydroxyl groups excluding tert-OH is 4. The Balaban J connectivity index is 1.78. The van der Waals surface area contributed by atoms with Crippen molar-refractivity contribution in [3.63, 3.8) is 0 Å². The molecule has 1 aliphatic heterocycles. The fraction of sp³-hybridized carbons (Fsp3) is 0.348. The molecule has 0 aliphatic carbocycles. The number of methoxy groups -OCH3 is 2. The van der Waals surface area contributed by atoms with Gasteiger partial charge in [0.15, 0.2) is 16.9 Å². The number of phenols is 1. The zero-order valence-electron chi connectivity index (χ0n) is 18.2. The van der Waals surface area contributed by atoms with Crippen molar-refractivity contribution < 1.29 is 48.9 Å². The third-order valence-electron chi connectivity index (χ3n) is 5.58. The van der Waals surface area contributed by atoms with Gasteiger partial charge in [-0.25, -0.2) is 0 Å². The summed E-state index contributed by atoms with van der Waals surface area (Å²) in [5, 5.41) is 50.2. The first-order valence-corrected chi connectivity index (χ1v) is 10.3. The molecule has 2 unspecified atom stereocenters. The summed E-state index contributed by atoms with van der Waals surface area (Å²) in [6.07, 6.45) is -7.69. The molecule has 0 amide bonds. The molecule has 5 N–H and O–H groups in total. The van der Waals surface area contributed by atoms with Crippen molar-refractivity contribution in [3.8, 4) is 34.3 Å². The largest absolute Gasteiger partial charge is 0.504 e. The van der Waals surface area contributed by atoms with Crippen LogP contribution >= 0.6 is 0 Å². The minimum absolute atomic E-state index is 0.0452. The minimum Gasteiger partial charge on any atom is -0.504 e. The van der Waals surface area contributed by atoms with E-state index >= 15 is 0 Å². The van der Waals surface area contributed by atoms with Crippen LogP contribution in [0.5, 0.6) is 23.0 Å². The van der Waals surface area contributed by atoms with Crippen molar-refractivity contribution in [1.29, 1.82) is 0 Å². The highest BCUT2D eigenvalue weighted by Crippen LogP contribution is 2.43. The number of phenolic OH excluding ortho intramolecular Hbond substituents is 1. The Morgan fingerprint density at radius 3 is 2.29 bits per heavy atom. The maximum absolute atomic E-state index is 12.8. The minimum atomic E-state index is -1.70. The molecule has 34 heavy (non-hydrogen) atoms. The molecule has 182 valence electrons. The number of benzene rings is 2. The molecule has 0 spiro atoms. The van der Waals surface area contributed by atoms with Crippen molar-refractivity contribution in [2.75, 3.05) is 20.8 Å². The predicted molar refractivity (Wildman–Crippen MR) is 117 cm³/mol. The number of aliphatic hydroxyl groups is 4. The summed E-state index contributed by atoms with van der Waals surface area (Å²) >= 11 is 0. The summed E-state index contributed by atoms with van der Waals surface area (Å²) in [5.74, 6) is -0.150. The Kier molecular flexibility index (Phi) is 6.64. The van der Waals surface area contributed by atoms with Gasteiger partial charge < -0.3 is 48.9 Å². The van der Waals surface area contributed by atoms with Crippen molar-refractivity contribution in [3.05, 3.63) is 46.6 Å². The second kappa shape index (κ2) is 9.49. The van der Waals surface area contributed by atoms with Crippen LogP contribution in [0.3, 0.4) is 0 Å². The van der Waals surface area contributed by atoms with E-state index < -0.39 is 48.5 Å². The molecule has 11 nitrogen and oxygen atoms in total. The molecule has 1 aliphatic rings. The monoisotopic (exact) mass is 476 g/mol. The number of hydrogen-bond donors (Lipinski definition) is 5. The molecule has 2 heterocycles. The molecule has 1 aromatic heterocycles. The highest BCUT2D eigenvalue weighted by atomic mass is 16.7. The first-order chi connectivity index (χ1) is 16.3. The lowest BCUT2D eigenvalue weighted by Crippen LogP contribution is -2.60. The Morgan fingerprint density at radius 1 is 0.971 bits per heavy atom. The topological polar surface area (TPSA) is 168 Å². The van der Waals surface area contributed by atoms with Crippen molar-refractivity contribution in [2.45, 2.75) is 30.7 Å². The average molecular weight is 476 g/mol. The molecule has 0 radical (unpaired) electrons. The number of ether oxygens (including phenoxy) is 4. The average Bonchev–Trinajstić information content (AvgIpc) is 2.84. The number of aromatic hydroxyl groups is 1. The van der Waals surface area contributed by atoms with Crippen LogP contribution in [-0.2, 0) is 4.74 Å². The SMILES string of the molecule is COc1ccc(-c2cc(=O)c3c(O)c(OC)c(O[C@@H]4OC(CO)[C@@H](O)[C@H](O)C4O)cc3o2)cc1. The third kappa shape index (κ3) is 4.15. The van der Waals surface area contributed by atoms with E-state index in [1.807, 2.05) is 0 Å². The highest BCUT2D eigenvalue weighted by molar-refractivity contribution is 5.89. The van der Waals surface area contributed by atoms with E-state index in [4.69, 9.17) is 23.4 Å². The van der Waals surface area contributed by atoms with Gasteiger partial charge in [0.25, 0.3) is 0 Å². The predicted octanol–water partition coefficient (Wildman–Crippen LogP) is 0.361. The van der Waals surface area contributed by atoms with E-state index in [-0.39, 0.29) is 28.2 Å². The molecule has 11 heteroatoms. The maximum Gasteiger partial charge on any atom is 0.229 e. The zero-order chi connectivity index (χ0) is 24.6. The van der Waals surface area contributed by atoms with Crippen LogP contribution in [0.15, 0.2) is 45.6 Å². The lowest BCUT2D eigenvalue weighted by molar-refractivity contribution is -0.277. The number of fused-ring (bicyclic) bond motifs is 1. The molecular weight excluding hydrogens is 452 g/mol. The molecule has 2 aromatic carbocycles. The molecule has 0 bridgehead atoms. The first kappa shape index (κ1) is 23.8. The van der Waals surface area contributed by atoms with Crippen LogP contribution in [0.2, 0.25) is 0 Å². The van der Waals surface area contributed by atoms with Crippen LogP contribution in [0.1, 0.15) is 0 Å². The Morgan fingerprint density at radius 2 is 1.68 bits per heavy atom. The van der Waals surface area contributed by atoms with E-state index in [0.29, 0.717) is 11.3 Å². The van der Waals surface area contributed by atoms with Gasteiger partial charge in [-0.15, -0.1) is 0 Å². The summed E-state index contributed by atoms with van der Waals surface area (Å²) in [6.45, 7) is -0.648. The quantitative estimate of drug-likeness (QED) is 0.333. The van der Waals surface area contributed by atoms with Gasteiger partial charge in [-0.3, -0.25) is 4.79 Å². The number of hydrogen-bond acceptors (Lipinski definition) is 11. The van der Waals surface area contributed by atoms with Gasteiger partial charge >= 0.3 is 0 Å². The van der Waals surface area contributed by atoms with Crippen LogP contribution in [0, 0.1) is 0 Å². The second-order valence-electron chi connectivity index (χ2n) is 7.65. The van der Waals surface area contributed by atoms with Crippen molar-refractivity contribution in [1.82, 2.24) is 0 Å². The van der Waals surface area contributed by atoms with E-state index in [0.717, 1.165) is 0 Å². The van der Waals surface area contributed by atoms with Gasteiger partial charge in [0.1, 0.15) is 46.9 Å². The maximum atomic E-state index is 12.8. The fourth-order valence-corrected chi connectivity index (χ4v) is 3.73. The van der Waals surface area contributed by atoms with Gasteiger partial charge in [-0.2, -0.15) is 0 Å². The van der Waals surface area contributed by atoms with Crippen molar-refractivity contribution >= 4 is 11.0 Å². The summed E-state index contributed by atoms with van der Waals surface area (Å²) in [6, 6.07) is 9.26. The lowest BCUT2D eigenvalue weighted by Gasteiger charge is -2.39. The Labute approximate surface area is 192 Å². The van der Waals surface area contributed by atoms with Crippen LogP contribution in [0.4, 0.5) is 0 Å². The first-order valence-electron chi connectivity index (χ1n) is 10.3. The van der Waals surface area contributed by atoms with Gasteiger partial charge in [-0.05, 0) is 24.3 Å². The molecular formula is C23H24O11. The van der Waals surface area contributed by atoms with Crippen LogP contribution in [-0.4, -0.2) is 77.1 Å².